The molecule has 7 heteroatoms. The minimum Gasteiger partial charge on any atom is -0.458 e. The zero-order valence-corrected chi connectivity index (χ0v) is 22.0. The molecule has 2 N–H and O–H groups in total. The highest BCUT2D eigenvalue weighted by molar-refractivity contribution is 5.80. The van der Waals surface area contributed by atoms with Gasteiger partial charge < -0.3 is 19.7 Å². The van der Waals surface area contributed by atoms with E-state index in [9.17, 15) is 24.6 Å². The molecular weight excluding hydrogens is 448 g/mol. The number of ether oxygens (including phenoxy) is 2. The van der Waals surface area contributed by atoms with Crippen LogP contribution >= 0.6 is 0 Å². The van der Waals surface area contributed by atoms with Crippen LogP contribution in [-0.2, 0) is 23.9 Å². The van der Waals surface area contributed by atoms with E-state index in [1.165, 1.54) is 13.8 Å². The monoisotopic (exact) mass is 490 g/mol. The molecule has 0 saturated heterocycles. The number of esters is 2. The summed E-state index contributed by atoms with van der Waals surface area (Å²) >= 11 is 0. The number of hydrogen-bond acceptors (Lipinski definition) is 7. The second-order valence-corrected chi connectivity index (χ2v) is 12.4. The lowest BCUT2D eigenvalue weighted by molar-refractivity contribution is -0.274. The Morgan fingerprint density at radius 3 is 2.40 bits per heavy atom. The number of allylic oxidation sites excluding steroid dienone is 1. The van der Waals surface area contributed by atoms with E-state index < -0.39 is 52.6 Å². The molecule has 0 aromatic carbocycles. The van der Waals surface area contributed by atoms with Crippen molar-refractivity contribution in [2.75, 3.05) is 0 Å². The number of rotatable bonds is 5. The Morgan fingerprint density at radius 2 is 1.80 bits per heavy atom. The summed E-state index contributed by atoms with van der Waals surface area (Å²) < 4.78 is 12.2. The van der Waals surface area contributed by atoms with Gasteiger partial charge in [0, 0.05) is 30.6 Å². The predicted molar refractivity (Wildman–Crippen MR) is 129 cm³/mol. The highest BCUT2D eigenvalue weighted by Gasteiger charge is 2.75. The number of aliphatic hydroxyl groups excluding tert-OH is 1. The molecule has 4 aliphatic rings. The van der Waals surface area contributed by atoms with Crippen molar-refractivity contribution in [2.45, 2.75) is 110 Å². The lowest BCUT2D eigenvalue weighted by atomic mass is 9.44. The highest BCUT2D eigenvalue weighted by atomic mass is 16.6. The Bertz CT molecular complexity index is 924. The van der Waals surface area contributed by atoms with Crippen LogP contribution in [0.15, 0.2) is 11.6 Å². The topological polar surface area (TPSA) is 110 Å². The third-order valence-corrected chi connectivity index (χ3v) is 9.93. The van der Waals surface area contributed by atoms with E-state index in [0.29, 0.717) is 38.5 Å². The van der Waals surface area contributed by atoms with Crippen molar-refractivity contribution in [1.82, 2.24) is 0 Å². The van der Waals surface area contributed by atoms with Crippen molar-refractivity contribution in [3.63, 3.8) is 0 Å². The summed E-state index contributed by atoms with van der Waals surface area (Å²) in [5.41, 5.74) is -1.64. The molecule has 3 fully saturated rings. The summed E-state index contributed by atoms with van der Waals surface area (Å²) in [5, 5.41) is 22.9. The molecule has 3 saturated carbocycles. The van der Waals surface area contributed by atoms with Gasteiger partial charge in [-0.25, -0.2) is 0 Å². The van der Waals surface area contributed by atoms with E-state index in [-0.39, 0.29) is 30.0 Å². The van der Waals surface area contributed by atoms with Gasteiger partial charge in [0.15, 0.2) is 0 Å². The maximum absolute atomic E-state index is 13.1. The summed E-state index contributed by atoms with van der Waals surface area (Å²) in [4.78, 5) is 38.4. The maximum atomic E-state index is 13.1. The van der Waals surface area contributed by atoms with Crippen molar-refractivity contribution >= 4 is 17.7 Å². The fourth-order valence-corrected chi connectivity index (χ4v) is 8.32. The normalized spacial score (nSPS) is 44.5. The first kappa shape index (κ1) is 26.3. The molecule has 7 nitrogen and oxygen atoms in total. The maximum Gasteiger partial charge on any atom is 0.306 e. The van der Waals surface area contributed by atoms with Gasteiger partial charge in [-0.15, -0.1) is 0 Å². The van der Waals surface area contributed by atoms with E-state index in [4.69, 9.17) is 9.47 Å². The first-order valence-electron chi connectivity index (χ1n) is 13.2. The Balaban J connectivity index is 1.90. The molecule has 0 spiro atoms. The van der Waals surface area contributed by atoms with Crippen molar-refractivity contribution in [3.8, 4) is 0 Å². The average molecular weight is 491 g/mol. The summed E-state index contributed by atoms with van der Waals surface area (Å²) in [5.74, 6) is -1.91. The van der Waals surface area contributed by atoms with Gasteiger partial charge in [0.2, 0.25) is 0 Å². The fourth-order valence-electron chi connectivity index (χ4n) is 8.32. The number of carbonyl (C=O) groups is 3. The first-order chi connectivity index (χ1) is 16.3. The Kier molecular flexibility index (Phi) is 6.76. The lowest BCUT2D eigenvalue weighted by Crippen LogP contribution is -2.72. The highest BCUT2D eigenvalue weighted by Crippen LogP contribution is 2.69. The second-order valence-electron chi connectivity index (χ2n) is 12.4. The second kappa shape index (κ2) is 8.98. The minimum atomic E-state index is -1.26. The predicted octanol–water partition coefficient (Wildman–Crippen LogP) is 3.74. The van der Waals surface area contributed by atoms with Gasteiger partial charge in [-0.2, -0.15) is 0 Å². The van der Waals surface area contributed by atoms with Crippen LogP contribution in [-0.4, -0.2) is 51.8 Å². The zero-order valence-electron chi connectivity index (χ0n) is 22.0. The lowest BCUT2D eigenvalue weighted by Gasteiger charge is -2.64. The van der Waals surface area contributed by atoms with Crippen LogP contribution in [0.3, 0.4) is 0 Å². The number of fused-ring (bicyclic) bond motifs is 5. The Labute approximate surface area is 208 Å². The average Bonchev–Trinajstić information content (AvgIpc) is 3.02. The molecule has 35 heavy (non-hydrogen) atoms. The molecule has 0 aromatic rings. The van der Waals surface area contributed by atoms with Crippen LogP contribution in [0.2, 0.25) is 0 Å². The smallest absolute Gasteiger partial charge is 0.306 e. The SMILES string of the molecule is CC(=O)O[C@@H]1[C@@H](OC(=O)CC(C)C)[C@]2(C)[C@@H](C(C)=O)CC[C@]2(O)C2CC=C3C[C@@H](O)CC[C@]3(C)[C@H]21. The van der Waals surface area contributed by atoms with E-state index in [1.807, 2.05) is 20.8 Å². The molecule has 196 valence electrons. The van der Waals surface area contributed by atoms with Gasteiger partial charge in [-0.1, -0.05) is 39.3 Å². The summed E-state index contributed by atoms with van der Waals surface area (Å²) in [6.07, 6.45) is 3.57. The van der Waals surface area contributed by atoms with E-state index >= 15 is 0 Å². The third kappa shape index (κ3) is 3.97. The standard InChI is InChI=1S/C28H42O7/c1-15(2)13-22(32)35-25-24(34-17(4)30)23-21(8-7-18-14-19(31)9-11-26(18,23)5)28(33)12-10-20(16(3)29)27(25,28)6/h7,15,19-21,23-25,31,33H,8-14H2,1-6H3/t19-,20+,21?,23+,24-,25+,26-,27-,28-/m0/s1. The molecule has 0 aliphatic heterocycles. The number of carbonyl (C=O) groups excluding carboxylic acids is 3. The number of aliphatic hydroxyl groups is 2. The summed E-state index contributed by atoms with van der Waals surface area (Å²) in [7, 11) is 0. The third-order valence-electron chi connectivity index (χ3n) is 9.93. The van der Waals surface area contributed by atoms with Crippen molar-refractivity contribution in [3.05, 3.63) is 11.6 Å². The van der Waals surface area contributed by atoms with Gasteiger partial charge in [-0.3, -0.25) is 14.4 Å². The van der Waals surface area contributed by atoms with Gasteiger partial charge in [0.25, 0.3) is 0 Å². The molecule has 9 atom stereocenters. The molecule has 0 radical (unpaired) electrons. The van der Waals surface area contributed by atoms with Crippen LogP contribution in [0, 0.1) is 34.5 Å². The fraction of sp³-hybridized carbons (Fsp3) is 0.821. The Hall–Kier alpha value is -1.73. The van der Waals surface area contributed by atoms with Crippen LogP contribution in [0.5, 0.6) is 0 Å². The largest absolute Gasteiger partial charge is 0.458 e. The number of ketones is 1. The molecule has 0 aromatic heterocycles. The van der Waals surface area contributed by atoms with Crippen molar-refractivity contribution in [2.24, 2.45) is 34.5 Å². The number of Topliss-reactive ketones (excluding diaryl/α,β-unsaturated/α-hetero) is 1. The van der Waals surface area contributed by atoms with Crippen LogP contribution in [0.25, 0.3) is 0 Å². The van der Waals surface area contributed by atoms with Crippen LogP contribution in [0.4, 0.5) is 0 Å². The van der Waals surface area contributed by atoms with E-state index in [0.717, 1.165) is 5.57 Å². The molecule has 4 aliphatic carbocycles. The van der Waals surface area contributed by atoms with E-state index in [2.05, 4.69) is 13.0 Å². The first-order valence-corrected chi connectivity index (χ1v) is 13.2. The molecule has 0 heterocycles. The summed E-state index contributed by atoms with van der Waals surface area (Å²) in [6, 6.07) is 0. The molecule has 0 bridgehead atoms. The molecule has 4 rings (SSSR count). The van der Waals surface area contributed by atoms with Crippen molar-refractivity contribution < 1.29 is 34.1 Å². The molecular formula is C28H42O7. The quantitative estimate of drug-likeness (QED) is 0.446. The van der Waals surface area contributed by atoms with Crippen LogP contribution in [0.1, 0.15) is 86.5 Å². The van der Waals surface area contributed by atoms with Crippen molar-refractivity contribution in [1.29, 1.82) is 0 Å². The van der Waals surface area contributed by atoms with Gasteiger partial charge in [0.1, 0.15) is 18.0 Å². The molecule has 0 amide bonds. The zero-order chi connectivity index (χ0) is 25.9. The Morgan fingerprint density at radius 1 is 1.11 bits per heavy atom. The molecule has 1 unspecified atom stereocenters. The van der Waals surface area contributed by atoms with Gasteiger partial charge >= 0.3 is 11.9 Å². The van der Waals surface area contributed by atoms with Crippen LogP contribution < -0.4 is 0 Å². The van der Waals surface area contributed by atoms with Gasteiger partial charge in [0.05, 0.1) is 11.7 Å². The van der Waals surface area contributed by atoms with Gasteiger partial charge in [-0.05, 0) is 62.7 Å². The minimum absolute atomic E-state index is 0.0487. The summed E-state index contributed by atoms with van der Waals surface area (Å²) in [6.45, 7) is 10.7. The number of hydrogen-bond donors (Lipinski definition) is 2. The van der Waals surface area contributed by atoms with E-state index in [1.54, 1.807) is 0 Å².